The Balaban J connectivity index is 1.71. The lowest BCUT2D eigenvalue weighted by molar-refractivity contribution is 0.117. The van der Waals surface area contributed by atoms with Gasteiger partial charge in [-0.05, 0) is 48.2 Å². The van der Waals surface area contributed by atoms with Crippen molar-refractivity contribution in [3.05, 3.63) is 14.7 Å². The predicted octanol–water partition coefficient (Wildman–Crippen LogP) is 2.22. The van der Waals surface area contributed by atoms with Gasteiger partial charge in [-0.25, -0.2) is 13.1 Å². The first-order valence-corrected chi connectivity index (χ1v) is 10.2. The number of rotatable bonds is 6. The molecule has 1 aliphatic heterocycles. The molecule has 0 spiro atoms. The lowest BCUT2D eigenvalue weighted by Gasteiger charge is -2.15. The topological polar surface area (TPSA) is 67.4 Å². The van der Waals surface area contributed by atoms with E-state index in [9.17, 15) is 8.42 Å². The summed E-state index contributed by atoms with van der Waals surface area (Å²) < 4.78 is 33.8. The number of thiophene rings is 1. The van der Waals surface area contributed by atoms with E-state index in [1.165, 1.54) is 24.2 Å². The van der Waals surface area contributed by atoms with Crippen LogP contribution in [-0.2, 0) is 21.3 Å². The van der Waals surface area contributed by atoms with Gasteiger partial charge in [-0.2, -0.15) is 0 Å². The van der Waals surface area contributed by atoms with Crippen molar-refractivity contribution in [2.45, 2.75) is 55.8 Å². The first kappa shape index (κ1) is 15.9. The molecule has 2 aliphatic rings. The third-order valence-electron chi connectivity index (χ3n) is 3.82. The summed E-state index contributed by atoms with van der Waals surface area (Å²) in [6.45, 7) is 3.23. The second-order valence-electron chi connectivity index (χ2n) is 5.60. The van der Waals surface area contributed by atoms with Gasteiger partial charge in [0.2, 0.25) is 10.0 Å². The van der Waals surface area contributed by atoms with E-state index in [4.69, 9.17) is 4.74 Å². The van der Waals surface area contributed by atoms with E-state index in [1.54, 1.807) is 6.07 Å². The molecule has 1 saturated heterocycles. The Morgan fingerprint density at radius 2 is 2.19 bits per heavy atom. The number of halogens is 1. The largest absolute Gasteiger partial charge is 0.377 e. The fraction of sp³-hybridized carbons (Fsp3) is 0.692. The van der Waals surface area contributed by atoms with Crippen molar-refractivity contribution in [1.29, 1.82) is 0 Å². The molecule has 8 heteroatoms. The minimum absolute atomic E-state index is 0.0758. The SMILES string of the molecule is CC1OCCC1NS(=O)(=O)c1cc(CNC2CC2)sc1Br. The van der Waals surface area contributed by atoms with E-state index in [0.717, 1.165) is 17.8 Å². The Labute approximate surface area is 137 Å². The molecule has 1 aromatic rings. The van der Waals surface area contributed by atoms with Gasteiger partial charge in [-0.3, -0.25) is 0 Å². The Kier molecular flexibility index (Phi) is 4.73. The highest BCUT2D eigenvalue weighted by atomic mass is 79.9. The van der Waals surface area contributed by atoms with Gasteiger partial charge in [0.1, 0.15) is 4.90 Å². The van der Waals surface area contributed by atoms with E-state index in [-0.39, 0.29) is 12.1 Å². The highest BCUT2D eigenvalue weighted by Gasteiger charge is 2.31. The molecular formula is C13H19BrN2O3S2. The summed E-state index contributed by atoms with van der Waals surface area (Å²) in [6, 6.07) is 2.22. The van der Waals surface area contributed by atoms with Gasteiger partial charge in [0.05, 0.1) is 15.9 Å². The molecule has 0 bridgehead atoms. The van der Waals surface area contributed by atoms with Crippen molar-refractivity contribution in [3.8, 4) is 0 Å². The van der Waals surface area contributed by atoms with Crippen LogP contribution in [0.2, 0.25) is 0 Å². The normalized spacial score (nSPS) is 26.4. The van der Waals surface area contributed by atoms with E-state index in [0.29, 0.717) is 21.3 Å². The van der Waals surface area contributed by atoms with E-state index < -0.39 is 10.0 Å². The van der Waals surface area contributed by atoms with Crippen molar-refractivity contribution in [2.75, 3.05) is 6.61 Å². The standard InChI is InChI=1S/C13H19BrN2O3S2/c1-8-11(4-5-19-8)16-21(17,18)12-6-10(20-13(12)14)7-15-9-2-3-9/h6,8-9,11,15-16H,2-5,7H2,1H3. The first-order valence-electron chi connectivity index (χ1n) is 7.11. The molecule has 118 valence electrons. The monoisotopic (exact) mass is 394 g/mol. The summed E-state index contributed by atoms with van der Waals surface area (Å²) in [4.78, 5) is 1.36. The minimum atomic E-state index is -3.50. The van der Waals surface area contributed by atoms with Crippen LogP contribution in [0.25, 0.3) is 0 Å². The van der Waals surface area contributed by atoms with Gasteiger partial charge in [-0.1, -0.05) is 0 Å². The molecule has 2 fully saturated rings. The number of nitrogens with one attached hydrogen (secondary N) is 2. The highest BCUT2D eigenvalue weighted by molar-refractivity contribution is 9.11. The summed E-state index contributed by atoms with van der Waals surface area (Å²) >= 11 is 4.85. The third kappa shape index (κ3) is 3.86. The van der Waals surface area contributed by atoms with Crippen molar-refractivity contribution < 1.29 is 13.2 Å². The summed E-state index contributed by atoms with van der Waals surface area (Å²) in [7, 11) is -3.50. The molecule has 1 aromatic heterocycles. The van der Waals surface area contributed by atoms with Crippen LogP contribution in [0.15, 0.2) is 14.7 Å². The van der Waals surface area contributed by atoms with Crippen molar-refractivity contribution >= 4 is 37.3 Å². The van der Waals surface area contributed by atoms with Crippen LogP contribution in [-0.4, -0.2) is 33.2 Å². The van der Waals surface area contributed by atoms with Crippen LogP contribution < -0.4 is 10.0 Å². The molecule has 2 atom stereocenters. The maximum absolute atomic E-state index is 12.5. The van der Waals surface area contributed by atoms with Gasteiger partial charge in [0, 0.05) is 24.1 Å². The fourth-order valence-corrected chi connectivity index (χ4v) is 6.32. The smallest absolute Gasteiger partial charge is 0.242 e. The summed E-state index contributed by atoms with van der Waals surface area (Å²) in [5.74, 6) is 0. The summed E-state index contributed by atoms with van der Waals surface area (Å²) in [6.07, 6.45) is 3.09. The average Bonchev–Trinajstić information content (AvgIpc) is 3.05. The molecule has 21 heavy (non-hydrogen) atoms. The molecule has 3 rings (SSSR count). The number of hydrogen-bond donors (Lipinski definition) is 2. The fourth-order valence-electron chi connectivity index (χ4n) is 2.35. The zero-order chi connectivity index (χ0) is 15.0. The maximum Gasteiger partial charge on any atom is 0.242 e. The Bertz CT molecular complexity index is 613. The molecule has 0 radical (unpaired) electrons. The third-order valence-corrected chi connectivity index (χ3v) is 7.56. The maximum atomic E-state index is 12.5. The van der Waals surface area contributed by atoms with Crippen LogP contribution >= 0.6 is 27.3 Å². The highest BCUT2D eigenvalue weighted by Crippen LogP contribution is 2.33. The Morgan fingerprint density at radius 3 is 2.81 bits per heavy atom. The van der Waals surface area contributed by atoms with Gasteiger partial charge in [0.15, 0.2) is 0 Å². The van der Waals surface area contributed by atoms with Crippen molar-refractivity contribution in [2.24, 2.45) is 0 Å². The Morgan fingerprint density at radius 1 is 1.43 bits per heavy atom. The zero-order valence-electron chi connectivity index (χ0n) is 11.8. The molecule has 5 nitrogen and oxygen atoms in total. The number of sulfonamides is 1. The quantitative estimate of drug-likeness (QED) is 0.775. The Hall–Kier alpha value is 0.01000. The number of hydrogen-bond acceptors (Lipinski definition) is 5. The second kappa shape index (κ2) is 6.25. The molecular weight excluding hydrogens is 376 g/mol. The summed E-state index contributed by atoms with van der Waals surface area (Å²) in [5, 5.41) is 3.40. The summed E-state index contributed by atoms with van der Waals surface area (Å²) in [5.41, 5.74) is 0. The van der Waals surface area contributed by atoms with E-state index >= 15 is 0 Å². The van der Waals surface area contributed by atoms with Crippen LogP contribution in [0.3, 0.4) is 0 Å². The van der Waals surface area contributed by atoms with E-state index in [1.807, 2.05) is 6.92 Å². The lowest BCUT2D eigenvalue weighted by atomic mass is 10.2. The lowest BCUT2D eigenvalue weighted by Crippen LogP contribution is -2.39. The molecule has 0 aromatic carbocycles. The molecule has 2 unspecified atom stereocenters. The second-order valence-corrected chi connectivity index (χ2v) is 9.74. The first-order chi connectivity index (χ1) is 9.95. The molecule has 2 heterocycles. The van der Waals surface area contributed by atoms with Crippen LogP contribution in [0.1, 0.15) is 31.1 Å². The molecule has 2 N–H and O–H groups in total. The van der Waals surface area contributed by atoms with Crippen LogP contribution in [0, 0.1) is 0 Å². The zero-order valence-corrected chi connectivity index (χ0v) is 15.0. The van der Waals surface area contributed by atoms with Gasteiger partial charge in [0.25, 0.3) is 0 Å². The van der Waals surface area contributed by atoms with Crippen LogP contribution in [0.5, 0.6) is 0 Å². The van der Waals surface area contributed by atoms with Crippen molar-refractivity contribution in [3.63, 3.8) is 0 Å². The van der Waals surface area contributed by atoms with Crippen molar-refractivity contribution in [1.82, 2.24) is 10.0 Å². The number of ether oxygens (including phenoxy) is 1. The van der Waals surface area contributed by atoms with Gasteiger partial charge in [-0.15, -0.1) is 11.3 Å². The van der Waals surface area contributed by atoms with E-state index in [2.05, 4.69) is 26.0 Å². The average molecular weight is 395 g/mol. The van der Waals surface area contributed by atoms with Gasteiger partial charge >= 0.3 is 0 Å². The van der Waals surface area contributed by atoms with Gasteiger partial charge < -0.3 is 10.1 Å². The minimum Gasteiger partial charge on any atom is -0.377 e. The predicted molar refractivity (Wildman–Crippen MR) is 86.0 cm³/mol. The van der Waals surface area contributed by atoms with Crippen LogP contribution in [0.4, 0.5) is 0 Å². The molecule has 1 saturated carbocycles. The molecule has 0 amide bonds. The molecule has 1 aliphatic carbocycles.